The lowest BCUT2D eigenvalue weighted by atomic mass is 10.0. The van der Waals surface area contributed by atoms with E-state index in [0.717, 1.165) is 0 Å². The van der Waals surface area contributed by atoms with Crippen molar-refractivity contribution < 1.29 is 0 Å². The SMILES string of the molecule is CCN1CCC(Nc2cccc3cnccc23)CC1. The minimum Gasteiger partial charge on any atom is -0.382 e. The van der Waals surface area contributed by atoms with Crippen LogP contribution in [0.25, 0.3) is 10.8 Å². The van der Waals surface area contributed by atoms with Crippen LogP contribution in [-0.4, -0.2) is 35.6 Å². The molecule has 0 spiro atoms. The molecule has 1 fully saturated rings. The van der Waals surface area contributed by atoms with E-state index in [1.807, 2.05) is 12.4 Å². The first kappa shape index (κ1) is 12.4. The Bertz CT molecular complexity index is 539. The second-order valence-electron chi connectivity index (χ2n) is 5.26. The molecule has 2 heterocycles. The highest BCUT2D eigenvalue weighted by Crippen LogP contribution is 2.24. The van der Waals surface area contributed by atoms with Gasteiger partial charge in [0.25, 0.3) is 0 Å². The van der Waals surface area contributed by atoms with Crippen molar-refractivity contribution in [2.45, 2.75) is 25.8 Å². The van der Waals surface area contributed by atoms with E-state index in [-0.39, 0.29) is 0 Å². The molecule has 0 aliphatic carbocycles. The van der Waals surface area contributed by atoms with Gasteiger partial charge in [0.1, 0.15) is 0 Å². The molecule has 0 radical (unpaired) electrons. The van der Waals surface area contributed by atoms with Crippen LogP contribution in [0.4, 0.5) is 5.69 Å². The maximum absolute atomic E-state index is 4.19. The Balaban J connectivity index is 1.75. The Kier molecular flexibility index (Phi) is 3.65. The van der Waals surface area contributed by atoms with Crippen molar-refractivity contribution in [2.75, 3.05) is 25.0 Å². The fourth-order valence-corrected chi connectivity index (χ4v) is 2.86. The summed E-state index contributed by atoms with van der Waals surface area (Å²) in [5, 5.41) is 6.19. The maximum atomic E-state index is 4.19. The highest BCUT2D eigenvalue weighted by atomic mass is 15.1. The van der Waals surface area contributed by atoms with Crippen molar-refractivity contribution in [1.82, 2.24) is 9.88 Å². The summed E-state index contributed by atoms with van der Waals surface area (Å²) in [6, 6.07) is 9.09. The molecule has 100 valence electrons. The van der Waals surface area contributed by atoms with E-state index in [2.05, 4.69) is 46.4 Å². The van der Waals surface area contributed by atoms with E-state index in [9.17, 15) is 0 Å². The zero-order chi connectivity index (χ0) is 13.1. The van der Waals surface area contributed by atoms with Gasteiger partial charge in [-0.3, -0.25) is 4.98 Å². The van der Waals surface area contributed by atoms with Gasteiger partial charge in [0.15, 0.2) is 0 Å². The zero-order valence-corrected chi connectivity index (χ0v) is 11.5. The van der Waals surface area contributed by atoms with Gasteiger partial charge < -0.3 is 10.2 Å². The van der Waals surface area contributed by atoms with E-state index in [1.54, 1.807) is 0 Å². The molecule has 1 aliphatic rings. The van der Waals surface area contributed by atoms with Gasteiger partial charge in [0.2, 0.25) is 0 Å². The number of fused-ring (bicyclic) bond motifs is 1. The molecule has 1 aromatic carbocycles. The number of rotatable bonds is 3. The molecule has 0 unspecified atom stereocenters. The number of nitrogens with one attached hydrogen (secondary N) is 1. The van der Waals surface area contributed by atoms with Crippen LogP contribution >= 0.6 is 0 Å². The summed E-state index contributed by atoms with van der Waals surface area (Å²) in [6.45, 7) is 5.83. The predicted molar refractivity (Wildman–Crippen MR) is 80.5 cm³/mol. The number of nitrogens with zero attached hydrogens (tertiary/aromatic N) is 2. The molecule has 3 heteroatoms. The molecule has 0 bridgehead atoms. The van der Waals surface area contributed by atoms with Crippen molar-refractivity contribution in [3.63, 3.8) is 0 Å². The highest BCUT2D eigenvalue weighted by Gasteiger charge is 2.18. The number of hydrogen-bond acceptors (Lipinski definition) is 3. The molecule has 1 aliphatic heterocycles. The molecule has 19 heavy (non-hydrogen) atoms. The molecule has 0 atom stereocenters. The van der Waals surface area contributed by atoms with Gasteiger partial charge in [-0.05, 0) is 31.5 Å². The van der Waals surface area contributed by atoms with Crippen LogP contribution in [0.2, 0.25) is 0 Å². The molecule has 3 rings (SSSR count). The summed E-state index contributed by atoms with van der Waals surface area (Å²) in [5.74, 6) is 0. The Morgan fingerprint density at radius 2 is 2.11 bits per heavy atom. The molecule has 0 saturated carbocycles. The van der Waals surface area contributed by atoms with Gasteiger partial charge in [-0.25, -0.2) is 0 Å². The van der Waals surface area contributed by atoms with Crippen LogP contribution in [-0.2, 0) is 0 Å². The largest absolute Gasteiger partial charge is 0.382 e. The van der Waals surface area contributed by atoms with Crippen LogP contribution in [0.3, 0.4) is 0 Å². The monoisotopic (exact) mass is 255 g/mol. The number of benzene rings is 1. The fourth-order valence-electron chi connectivity index (χ4n) is 2.86. The first-order chi connectivity index (χ1) is 9.36. The minimum atomic E-state index is 0.599. The average Bonchev–Trinajstić information content (AvgIpc) is 2.48. The second kappa shape index (κ2) is 5.57. The Hall–Kier alpha value is -1.61. The molecular formula is C16H21N3. The smallest absolute Gasteiger partial charge is 0.0423 e. The van der Waals surface area contributed by atoms with Gasteiger partial charge in [0.05, 0.1) is 0 Å². The molecule has 2 aromatic rings. The highest BCUT2D eigenvalue weighted by molar-refractivity contribution is 5.93. The van der Waals surface area contributed by atoms with Crippen molar-refractivity contribution in [3.8, 4) is 0 Å². The van der Waals surface area contributed by atoms with Crippen LogP contribution < -0.4 is 5.32 Å². The van der Waals surface area contributed by atoms with Gasteiger partial charge in [-0.1, -0.05) is 19.1 Å². The second-order valence-corrected chi connectivity index (χ2v) is 5.26. The number of anilines is 1. The lowest BCUT2D eigenvalue weighted by Gasteiger charge is -2.32. The molecular weight excluding hydrogens is 234 g/mol. The fraction of sp³-hybridized carbons (Fsp3) is 0.438. The van der Waals surface area contributed by atoms with Crippen molar-refractivity contribution in [2.24, 2.45) is 0 Å². The van der Waals surface area contributed by atoms with E-state index in [0.29, 0.717) is 6.04 Å². The van der Waals surface area contributed by atoms with E-state index < -0.39 is 0 Å². The first-order valence-electron chi connectivity index (χ1n) is 7.18. The average molecular weight is 255 g/mol. The van der Waals surface area contributed by atoms with Crippen LogP contribution in [0.15, 0.2) is 36.7 Å². The van der Waals surface area contributed by atoms with E-state index in [4.69, 9.17) is 0 Å². The Labute approximate surface area is 114 Å². The summed E-state index contributed by atoms with van der Waals surface area (Å²) in [7, 11) is 0. The topological polar surface area (TPSA) is 28.2 Å². The van der Waals surface area contributed by atoms with E-state index in [1.165, 1.54) is 48.9 Å². The Morgan fingerprint density at radius 3 is 2.89 bits per heavy atom. The lowest BCUT2D eigenvalue weighted by molar-refractivity contribution is 0.229. The molecule has 3 nitrogen and oxygen atoms in total. The van der Waals surface area contributed by atoms with Gasteiger partial charge >= 0.3 is 0 Å². The number of hydrogen-bond donors (Lipinski definition) is 1. The Morgan fingerprint density at radius 1 is 1.26 bits per heavy atom. The van der Waals surface area contributed by atoms with Gasteiger partial charge in [-0.2, -0.15) is 0 Å². The number of pyridine rings is 1. The number of piperidine rings is 1. The number of likely N-dealkylation sites (tertiary alicyclic amines) is 1. The van der Waals surface area contributed by atoms with Crippen molar-refractivity contribution >= 4 is 16.5 Å². The lowest BCUT2D eigenvalue weighted by Crippen LogP contribution is -2.38. The van der Waals surface area contributed by atoms with Crippen molar-refractivity contribution in [3.05, 3.63) is 36.7 Å². The molecule has 1 N–H and O–H groups in total. The quantitative estimate of drug-likeness (QED) is 0.913. The summed E-state index contributed by atoms with van der Waals surface area (Å²) in [5.41, 5.74) is 1.25. The van der Waals surface area contributed by atoms with Gasteiger partial charge in [-0.15, -0.1) is 0 Å². The third-order valence-electron chi connectivity index (χ3n) is 4.08. The normalized spacial score (nSPS) is 17.7. The van der Waals surface area contributed by atoms with Gasteiger partial charge in [0, 0.05) is 48.0 Å². The first-order valence-corrected chi connectivity index (χ1v) is 7.18. The van der Waals surface area contributed by atoms with Crippen LogP contribution in [0.1, 0.15) is 19.8 Å². The minimum absolute atomic E-state index is 0.599. The number of aromatic nitrogens is 1. The van der Waals surface area contributed by atoms with E-state index >= 15 is 0 Å². The molecule has 0 amide bonds. The third-order valence-corrected chi connectivity index (χ3v) is 4.08. The van der Waals surface area contributed by atoms with Crippen LogP contribution in [0.5, 0.6) is 0 Å². The standard InChI is InChI=1S/C16H21N3/c1-2-19-10-7-14(8-11-19)18-16-5-3-4-13-12-17-9-6-15(13)16/h3-6,9,12,14,18H,2,7-8,10-11H2,1H3. The summed E-state index contributed by atoms with van der Waals surface area (Å²) >= 11 is 0. The van der Waals surface area contributed by atoms with Crippen LogP contribution in [0, 0.1) is 0 Å². The zero-order valence-electron chi connectivity index (χ0n) is 11.5. The predicted octanol–water partition coefficient (Wildman–Crippen LogP) is 3.13. The third kappa shape index (κ3) is 2.71. The summed E-state index contributed by atoms with van der Waals surface area (Å²) in [6.07, 6.45) is 6.26. The molecule has 1 saturated heterocycles. The van der Waals surface area contributed by atoms with Crippen molar-refractivity contribution in [1.29, 1.82) is 0 Å². The molecule has 1 aromatic heterocycles. The summed E-state index contributed by atoms with van der Waals surface area (Å²) in [4.78, 5) is 6.71. The maximum Gasteiger partial charge on any atom is 0.0423 e. The summed E-state index contributed by atoms with van der Waals surface area (Å²) < 4.78 is 0.